The highest BCUT2D eigenvalue weighted by Gasteiger charge is 2.23. The molecule has 0 spiro atoms. The summed E-state index contributed by atoms with van der Waals surface area (Å²) in [6, 6.07) is 15.3. The van der Waals surface area contributed by atoms with E-state index in [1.54, 1.807) is 12.1 Å². The highest BCUT2D eigenvalue weighted by Crippen LogP contribution is 2.28. The summed E-state index contributed by atoms with van der Waals surface area (Å²) in [4.78, 5) is 14.6. The summed E-state index contributed by atoms with van der Waals surface area (Å²) in [6.07, 6.45) is 1.98. The van der Waals surface area contributed by atoms with Crippen LogP contribution in [0.5, 0.6) is 0 Å². The topological polar surface area (TPSA) is 77.0 Å². The summed E-state index contributed by atoms with van der Waals surface area (Å²) in [5.74, 6) is 6.93. The molecule has 0 radical (unpaired) electrons. The minimum atomic E-state index is 0.0412. The summed E-state index contributed by atoms with van der Waals surface area (Å²) in [5.41, 5.74) is 3.00. The number of aryl methyl sites for hydroxylation is 1. The summed E-state index contributed by atoms with van der Waals surface area (Å²) in [6.45, 7) is 0.736. The SMILES string of the molecule is Nn1c(SCC(=O)N2CCCc3ccccc32)nnc1-c1cccc(Cl)c1. The number of carbonyl (C=O) groups is 1. The average molecular weight is 400 g/mol. The Morgan fingerprint density at radius 1 is 1.19 bits per heavy atom. The Balaban J connectivity index is 1.48. The van der Waals surface area contributed by atoms with Crippen LogP contribution in [0.15, 0.2) is 53.7 Å². The lowest BCUT2D eigenvalue weighted by Gasteiger charge is -2.29. The standard InChI is InChI=1S/C19H18ClN5OS/c20-15-8-3-6-14(11-15)18-22-23-19(25(18)21)27-12-17(26)24-10-4-7-13-5-1-2-9-16(13)24/h1-3,5-6,8-9,11H,4,7,10,12,21H2. The Hall–Kier alpha value is -2.51. The molecule has 1 aliphatic rings. The molecular formula is C19H18ClN5OS. The van der Waals surface area contributed by atoms with Gasteiger partial charge in [0.1, 0.15) is 0 Å². The van der Waals surface area contributed by atoms with Crippen molar-refractivity contribution >= 4 is 35.0 Å². The number of rotatable bonds is 4. The monoisotopic (exact) mass is 399 g/mol. The molecule has 1 aliphatic heterocycles. The van der Waals surface area contributed by atoms with Crippen molar-refractivity contribution in [2.45, 2.75) is 18.0 Å². The second-order valence-electron chi connectivity index (χ2n) is 6.25. The molecule has 0 fully saturated rings. The van der Waals surface area contributed by atoms with Crippen LogP contribution in [0, 0.1) is 0 Å². The number of aromatic nitrogens is 3. The third-order valence-electron chi connectivity index (χ3n) is 4.48. The van der Waals surface area contributed by atoms with E-state index in [-0.39, 0.29) is 11.7 Å². The van der Waals surface area contributed by atoms with Crippen molar-refractivity contribution in [3.8, 4) is 11.4 Å². The first-order chi connectivity index (χ1) is 13.1. The van der Waals surface area contributed by atoms with E-state index in [2.05, 4.69) is 16.3 Å². The van der Waals surface area contributed by atoms with Crippen LogP contribution >= 0.6 is 23.4 Å². The van der Waals surface area contributed by atoms with Gasteiger partial charge in [-0.15, -0.1) is 10.2 Å². The fourth-order valence-corrected chi connectivity index (χ4v) is 4.12. The van der Waals surface area contributed by atoms with E-state index in [0.29, 0.717) is 16.0 Å². The number of thioether (sulfide) groups is 1. The first-order valence-corrected chi connectivity index (χ1v) is 9.97. The van der Waals surface area contributed by atoms with Gasteiger partial charge < -0.3 is 10.7 Å². The van der Waals surface area contributed by atoms with Gasteiger partial charge in [-0.3, -0.25) is 4.79 Å². The largest absolute Gasteiger partial charge is 0.335 e. The average Bonchev–Trinajstić information content (AvgIpc) is 3.06. The van der Waals surface area contributed by atoms with Gasteiger partial charge in [-0.1, -0.05) is 53.7 Å². The van der Waals surface area contributed by atoms with Gasteiger partial charge in [0.05, 0.1) is 5.75 Å². The molecule has 0 bridgehead atoms. The fourth-order valence-electron chi connectivity index (χ4n) is 3.20. The predicted molar refractivity (Wildman–Crippen MR) is 108 cm³/mol. The molecule has 0 unspecified atom stereocenters. The smallest absolute Gasteiger partial charge is 0.237 e. The second-order valence-corrected chi connectivity index (χ2v) is 7.63. The van der Waals surface area contributed by atoms with Crippen molar-refractivity contribution < 1.29 is 4.79 Å². The van der Waals surface area contributed by atoms with Crippen LogP contribution in [-0.2, 0) is 11.2 Å². The number of nitrogens with two attached hydrogens (primary N) is 1. The molecule has 2 N–H and O–H groups in total. The third kappa shape index (κ3) is 3.65. The summed E-state index contributed by atoms with van der Waals surface area (Å²) >= 11 is 7.31. The molecule has 4 rings (SSSR count). The van der Waals surface area contributed by atoms with Crippen LogP contribution in [0.3, 0.4) is 0 Å². The highest BCUT2D eigenvalue weighted by atomic mass is 35.5. The molecular weight excluding hydrogens is 382 g/mol. The molecule has 0 aliphatic carbocycles. The lowest BCUT2D eigenvalue weighted by molar-refractivity contribution is -0.116. The van der Waals surface area contributed by atoms with Crippen molar-refractivity contribution in [3.05, 3.63) is 59.1 Å². The summed E-state index contributed by atoms with van der Waals surface area (Å²) in [5, 5.41) is 9.35. The minimum Gasteiger partial charge on any atom is -0.335 e. The number of fused-ring (bicyclic) bond motifs is 1. The number of amides is 1. The minimum absolute atomic E-state index is 0.0412. The number of nitrogen functional groups attached to an aromatic ring is 1. The van der Waals surface area contributed by atoms with E-state index >= 15 is 0 Å². The molecule has 6 nitrogen and oxygen atoms in total. The maximum Gasteiger partial charge on any atom is 0.237 e. The van der Waals surface area contributed by atoms with Crippen LogP contribution in [0.1, 0.15) is 12.0 Å². The number of carbonyl (C=O) groups excluding carboxylic acids is 1. The third-order valence-corrected chi connectivity index (χ3v) is 5.65. The normalized spacial score (nSPS) is 13.4. The number of para-hydroxylation sites is 1. The van der Waals surface area contributed by atoms with E-state index in [1.165, 1.54) is 22.0 Å². The molecule has 3 aromatic rings. The van der Waals surface area contributed by atoms with Crippen molar-refractivity contribution in [1.29, 1.82) is 0 Å². The predicted octanol–water partition coefficient (Wildman–Crippen LogP) is 3.38. The molecule has 0 saturated carbocycles. The quantitative estimate of drug-likeness (QED) is 0.537. The molecule has 0 saturated heterocycles. The Bertz CT molecular complexity index is 990. The van der Waals surface area contributed by atoms with Gasteiger partial charge in [0.15, 0.2) is 5.82 Å². The first kappa shape index (κ1) is 17.9. The maximum atomic E-state index is 12.8. The molecule has 27 heavy (non-hydrogen) atoms. The summed E-state index contributed by atoms with van der Waals surface area (Å²) in [7, 11) is 0. The lowest BCUT2D eigenvalue weighted by atomic mass is 10.0. The van der Waals surface area contributed by atoms with E-state index in [4.69, 9.17) is 17.4 Å². The number of anilines is 1. The molecule has 1 amide bonds. The zero-order valence-corrected chi connectivity index (χ0v) is 16.1. The number of halogens is 1. The molecule has 0 atom stereocenters. The molecule has 1 aromatic heterocycles. The molecule has 2 aromatic carbocycles. The van der Waals surface area contributed by atoms with Gasteiger partial charge in [0.25, 0.3) is 0 Å². The molecule has 138 valence electrons. The fraction of sp³-hybridized carbons (Fsp3) is 0.211. The van der Waals surface area contributed by atoms with E-state index < -0.39 is 0 Å². The van der Waals surface area contributed by atoms with Gasteiger partial charge in [0.2, 0.25) is 11.1 Å². The molecule has 8 heteroatoms. The van der Waals surface area contributed by atoms with E-state index in [9.17, 15) is 4.79 Å². The zero-order chi connectivity index (χ0) is 18.8. The number of hydrogen-bond donors (Lipinski definition) is 1. The number of nitrogens with zero attached hydrogens (tertiary/aromatic N) is 4. The van der Waals surface area contributed by atoms with Gasteiger partial charge in [-0.05, 0) is 36.6 Å². The Labute approximate surface area is 166 Å². The second kappa shape index (κ2) is 7.62. The van der Waals surface area contributed by atoms with Crippen LogP contribution < -0.4 is 10.7 Å². The summed E-state index contributed by atoms with van der Waals surface area (Å²) < 4.78 is 1.40. The van der Waals surface area contributed by atoms with Gasteiger partial charge in [-0.25, -0.2) is 4.68 Å². The van der Waals surface area contributed by atoms with Crippen molar-refractivity contribution in [2.75, 3.05) is 23.0 Å². The number of hydrogen-bond acceptors (Lipinski definition) is 5. The maximum absolute atomic E-state index is 12.8. The zero-order valence-electron chi connectivity index (χ0n) is 14.5. The van der Waals surface area contributed by atoms with Gasteiger partial charge >= 0.3 is 0 Å². The Morgan fingerprint density at radius 2 is 2.04 bits per heavy atom. The van der Waals surface area contributed by atoms with E-state index in [0.717, 1.165) is 30.6 Å². The first-order valence-electron chi connectivity index (χ1n) is 8.61. The van der Waals surface area contributed by atoms with Gasteiger partial charge in [-0.2, -0.15) is 0 Å². The van der Waals surface area contributed by atoms with Crippen molar-refractivity contribution in [1.82, 2.24) is 14.9 Å². The lowest BCUT2D eigenvalue weighted by Crippen LogP contribution is -2.36. The van der Waals surface area contributed by atoms with Crippen molar-refractivity contribution in [2.24, 2.45) is 0 Å². The van der Waals surface area contributed by atoms with Crippen LogP contribution in [-0.4, -0.2) is 33.1 Å². The van der Waals surface area contributed by atoms with E-state index in [1.807, 2.05) is 35.2 Å². The molecule has 2 heterocycles. The van der Waals surface area contributed by atoms with Crippen LogP contribution in [0.25, 0.3) is 11.4 Å². The number of benzene rings is 2. The highest BCUT2D eigenvalue weighted by molar-refractivity contribution is 7.99. The van der Waals surface area contributed by atoms with Crippen LogP contribution in [0.2, 0.25) is 5.02 Å². The Kier molecular flexibility index (Phi) is 5.05. The van der Waals surface area contributed by atoms with Crippen LogP contribution in [0.4, 0.5) is 5.69 Å². The van der Waals surface area contributed by atoms with Crippen molar-refractivity contribution in [3.63, 3.8) is 0 Å². The van der Waals surface area contributed by atoms with Gasteiger partial charge in [0, 0.05) is 22.8 Å². The Morgan fingerprint density at radius 3 is 2.89 bits per heavy atom.